The van der Waals surface area contributed by atoms with E-state index in [-0.39, 0.29) is 4.90 Å². The molecule has 0 aliphatic heterocycles. The van der Waals surface area contributed by atoms with Crippen molar-refractivity contribution >= 4 is 16.2 Å². The number of methoxy groups -OCH3 is 1. The molecule has 0 bridgehead atoms. The summed E-state index contributed by atoms with van der Waals surface area (Å²) in [5.74, 6) is 0.357. The van der Waals surface area contributed by atoms with Crippen LogP contribution >= 0.6 is 0 Å². The lowest BCUT2D eigenvalue weighted by atomic mass is 10.2. The molecule has 0 heterocycles. The molecule has 0 saturated carbocycles. The van der Waals surface area contributed by atoms with Crippen LogP contribution in [0.3, 0.4) is 0 Å². The Morgan fingerprint density at radius 1 is 1.50 bits per heavy atom. The van der Waals surface area contributed by atoms with Gasteiger partial charge in [0.2, 0.25) is 0 Å². The number of benzene rings is 1. The van der Waals surface area contributed by atoms with Gasteiger partial charge < -0.3 is 4.74 Å². The van der Waals surface area contributed by atoms with Gasteiger partial charge in [-0.25, -0.2) is 0 Å². The highest BCUT2D eigenvalue weighted by atomic mass is 32.2. The smallest absolute Gasteiger partial charge is 0.294 e. The Balaban J connectivity index is 3.35. The van der Waals surface area contributed by atoms with E-state index >= 15 is 0 Å². The van der Waals surface area contributed by atoms with Gasteiger partial charge in [0, 0.05) is 11.6 Å². The van der Waals surface area contributed by atoms with Gasteiger partial charge in [-0.05, 0) is 12.1 Å². The molecule has 1 aromatic carbocycles. The van der Waals surface area contributed by atoms with Crippen molar-refractivity contribution in [2.75, 3.05) is 7.11 Å². The normalized spacial score (nSPS) is 11.0. The van der Waals surface area contributed by atoms with Crippen molar-refractivity contribution in [3.63, 3.8) is 0 Å². The van der Waals surface area contributed by atoms with Gasteiger partial charge in [0.1, 0.15) is 5.75 Å². The minimum atomic E-state index is -4.17. The average Bonchev–Trinajstić information content (AvgIpc) is 2.15. The summed E-state index contributed by atoms with van der Waals surface area (Å²) in [5.41, 5.74) is 0.667. The van der Waals surface area contributed by atoms with Crippen LogP contribution in [-0.4, -0.2) is 20.1 Å². The predicted molar refractivity (Wildman–Crippen MR) is 52.9 cm³/mol. The molecular formula is C9H10O4S. The largest absolute Gasteiger partial charge is 0.496 e. The fourth-order valence-corrected chi connectivity index (χ4v) is 1.52. The number of hydrogen-bond donors (Lipinski definition) is 1. The molecule has 0 spiro atoms. The second-order valence-electron chi connectivity index (χ2n) is 2.58. The summed E-state index contributed by atoms with van der Waals surface area (Å²) in [6.45, 7) is 3.54. The van der Waals surface area contributed by atoms with Crippen molar-refractivity contribution in [2.24, 2.45) is 0 Å². The monoisotopic (exact) mass is 214 g/mol. The molecule has 0 saturated heterocycles. The highest BCUT2D eigenvalue weighted by Gasteiger charge is 2.11. The third-order valence-electron chi connectivity index (χ3n) is 1.72. The molecule has 0 aliphatic rings. The van der Waals surface area contributed by atoms with Crippen molar-refractivity contribution in [3.05, 3.63) is 30.3 Å². The maximum absolute atomic E-state index is 10.8. The molecule has 1 N–H and O–H groups in total. The first-order valence-corrected chi connectivity index (χ1v) is 5.21. The van der Waals surface area contributed by atoms with Crippen LogP contribution in [0.1, 0.15) is 5.56 Å². The average molecular weight is 214 g/mol. The van der Waals surface area contributed by atoms with E-state index in [2.05, 4.69) is 6.58 Å². The van der Waals surface area contributed by atoms with Crippen molar-refractivity contribution in [1.29, 1.82) is 0 Å². The summed E-state index contributed by atoms with van der Waals surface area (Å²) in [6, 6.07) is 4.04. The van der Waals surface area contributed by atoms with Crippen molar-refractivity contribution in [3.8, 4) is 5.75 Å². The van der Waals surface area contributed by atoms with E-state index in [0.29, 0.717) is 11.3 Å². The molecule has 0 amide bonds. The predicted octanol–water partition coefficient (Wildman–Crippen LogP) is 1.58. The summed E-state index contributed by atoms with van der Waals surface area (Å²) < 4.78 is 35.2. The first-order valence-electron chi connectivity index (χ1n) is 3.77. The van der Waals surface area contributed by atoms with Gasteiger partial charge in [-0.1, -0.05) is 12.7 Å². The van der Waals surface area contributed by atoms with Crippen molar-refractivity contribution < 1.29 is 17.7 Å². The molecule has 14 heavy (non-hydrogen) atoms. The molecule has 1 aromatic rings. The van der Waals surface area contributed by atoms with Gasteiger partial charge in [0.05, 0.1) is 12.0 Å². The van der Waals surface area contributed by atoms with E-state index in [1.807, 2.05) is 0 Å². The van der Waals surface area contributed by atoms with Crippen LogP contribution in [0.4, 0.5) is 0 Å². The Labute approximate surface area is 82.6 Å². The molecule has 0 atom stereocenters. The molecule has 5 heteroatoms. The number of hydrogen-bond acceptors (Lipinski definition) is 3. The Kier molecular flexibility index (Phi) is 2.93. The Morgan fingerprint density at radius 2 is 2.14 bits per heavy atom. The Bertz CT molecular complexity index is 448. The van der Waals surface area contributed by atoms with Gasteiger partial charge >= 0.3 is 0 Å². The molecule has 0 unspecified atom stereocenters. The van der Waals surface area contributed by atoms with E-state index in [0.717, 1.165) is 0 Å². The fraction of sp³-hybridized carbons (Fsp3) is 0.111. The summed E-state index contributed by atoms with van der Waals surface area (Å²) in [7, 11) is -2.76. The topological polar surface area (TPSA) is 63.6 Å². The van der Waals surface area contributed by atoms with Gasteiger partial charge in [-0.3, -0.25) is 4.55 Å². The zero-order valence-corrected chi connectivity index (χ0v) is 8.41. The van der Waals surface area contributed by atoms with Crippen LogP contribution in [0.15, 0.2) is 29.7 Å². The van der Waals surface area contributed by atoms with E-state index in [9.17, 15) is 8.42 Å². The maximum Gasteiger partial charge on any atom is 0.294 e. The Hall–Kier alpha value is -1.33. The van der Waals surface area contributed by atoms with Gasteiger partial charge in [0.15, 0.2) is 0 Å². The molecule has 0 radical (unpaired) electrons. The third kappa shape index (κ3) is 2.12. The molecular weight excluding hydrogens is 204 g/mol. The second kappa shape index (κ2) is 3.81. The zero-order valence-electron chi connectivity index (χ0n) is 7.60. The van der Waals surface area contributed by atoms with E-state index in [1.165, 1.54) is 31.4 Å². The molecule has 0 aliphatic carbocycles. The summed E-state index contributed by atoms with van der Waals surface area (Å²) in [4.78, 5) is -0.194. The van der Waals surface area contributed by atoms with Crippen molar-refractivity contribution in [1.82, 2.24) is 0 Å². The zero-order chi connectivity index (χ0) is 10.8. The van der Waals surface area contributed by atoms with Gasteiger partial charge in [0.25, 0.3) is 10.1 Å². The van der Waals surface area contributed by atoms with Crippen LogP contribution in [0.2, 0.25) is 0 Å². The minimum absolute atomic E-state index is 0.194. The number of ether oxygens (including phenoxy) is 1. The van der Waals surface area contributed by atoms with Crippen LogP contribution in [0, 0.1) is 0 Å². The standard InChI is InChI=1S/C9H10O4S/c1-3-7-4-5-8(14(10,11)12)6-9(7)13-2/h3-6H,1H2,2H3,(H,10,11,12). The lowest BCUT2D eigenvalue weighted by molar-refractivity contribution is 0.411. The quantitative estimate of drug-likeness (QED) is 0.776. The first kappa shape index (κ1) is 10.7. The SMILES string of the molecule is C=Cc1ccc(S(=O)(=O)O)cc1OC. The minimum Gasteiger partial charge on any atom is -0.496 e. The fourth-order valence-electron chi connectivity index (χ4n) is 1.02. The Morgan fingerprint density at radius 3 is 2.57 bits per heavy atom. The highest BCUT2D eigenvalue weighted by molar-refractivity contribution is 7.85. The van der Waals surface area contributed by atoms with Crippen LogP contribution in [-0.2, 0) is 10.1 Å². The second-order valence-corrected chi connectivity index (χ2v) is 4.00. The summed E-state index contributed by atoms with van der Waals surface area (Å²) >= 11 is 0. The molecule has 0 fully saturated rings. The van der Waals surface area contributed by atoms with Crippen LogP contribution < -0.4 is 4.74 Å². The maximum atomic E-state index is 10.8. The van der Waals surface area contributed by atoms with E-state index < -0.39 is 10.1 Å². The van der Waals surface area contributed by atoms with Gasteiger partial charge in [-0.15, -0.1) is 0 Å². The molecule has 4 nitrogen and oxygen atoms in total. The molecule has 0 aromatic heterocycles. The molecule has 76 valence electrons. The summed E-state index contributed by atoms with van der Waals surface area (Å²) in [5, 5.41) is 0. The molecule has 1 rings (SSSR count). The summed E-state index contributed by atoms with van der Waals surface area (Å²) in [6.07, 6.45) is 1.53. The van der Waals surface area contributed by atoms with E-state index in [1.54, 1.807) is 0 Å². The third-order valence-corrected chi connectivity index (χ3v) is 2.57. The lowest BCUT2D eigenvalue weighted by Gasteiger charge is -2.05. The first-order chi connectivity index (χ1) is 6.49. The van der Waals surface area contributed by atoms with Crippen LogP contribution in [0.25, 0.3) is 6.08 Å². The van der Waals surface area contributed by atoms with E-state index in [4.69, 9.17) is 9.29 Å². The highest BCUT2D eigenvalue weighted by Crippen LogP contribution is 2.23. The van der Waals surface area contributed by atoms with Crippen LogP contribution in [0.5, 0.6) is 5.75 Å². The lowest BCUT2D eigenvalue weighted by Crippen LogP contribution is -1.99. The van der Waals surface area contributed by atoms with Gasteiger partial charge in [-0.2, -0.15) is 8.42 Å². The number of rotatable bonds is 3. The van der Waals surface area contributed by atoms with Crippen molar-refractivity contribution in [2.45, 2.75) is 4.90 Å².